The van der Waals surface area contributed by atoms with Crippen molar-refractivity contribution >= 4 is 10.1 Å². The first-order chi connectivity index (χ1) is 7.99. The molecule has 17 heavy (non-hydrogen) atoms. The number of hydrogen-bond acceptors (Lipinski definition) is 3. The van der Waals surface area contributed by atoms with Crippen molar-refractivity contribution in [1.82, 2.24) is 0 Å². The molecule has 1 saturated carbocycles. The van der Waals surface area contributed by atoms with Gasteiger partial charge in [-0.25, -0.2) is 0 Å². The quantitative estimate of drug-likeness (QED) is 0.779. The van der Waals surface area contributed by atoms with Crippen LogP contribution in [0.5, 0.6) is 0 Å². The van der Waals surface area contributed by atoms with E-state index in [1.165, 1.54) is 0 Å². The topological polar surface area (TPSA) is 43.4 Å². The highest BCUT2D eigenvalue weighted by Crippen LogP contribution is 2.30. The van der Waals surface area contributed by atoms with Crippen LogP contribution in [0.1, 0.15) is 31.7 Å². The van der Waals surface area contributed by atoms with Crippen molar-refractivity contribution in [1.29, 1.82) is 0 Å². The second kappa shape index (κ2) is 4.78. The van der Waals surface area contributed by atoms with Gasteiger partial charge in [0.25, 0.3) is 10.1 Å². The molecule has 0 aliphatic heterocycles. The Morgan fingerprint density at radius 1 is 1.18 bits per heavy atom. The Morgan fingerprint density at radius 2 is 1.82 bits per heavy atom. The van der Waals surface area contributed by atoms with E-state index >= 15 is 0 Å². The summed E-state index contributed by atoms with van der Waals surface area (Å²) in [6.45, 7) is 3.97. The van der Waals surface area contributed by atoms with E-state index in [4.69, 9.17) is 4.18 Å². The van der Waals surface area contributed by atoms with Crippen LogP contribution in [-0.2, 0) is 14.3 Å². The van der Waals surface area contributed by atoms with E-state index in [9.17, 15) is 8.42 Å². The van der Waals surface area contributed by atoms with Gasteiger partial charge in [-0.3, -0.25) is 4.18 Å². The van der Waals surface area contributed by atoms with Gasteiger partial charge in [0.2, 0.25) is 0 Å². The molecule has 0 aromatic heterocycles. The van der Waals surface area contributed by atoms with Gasteiger partial charge in [-0.15, -0.1) is 0 Å². The Bertz CT molecular complexity index is 476. The average Bonchev–Trinajstić information content (AvgIpc) is 2.64. The number of aryl methyl sites for hydroxylation is 1. The Kier molecular flexibility index (Phi) is 3.54. The average molecular weight is 254 g/mol. The highest BCUT2D eigenvalue weighted by atomic mass is 32.2. The van der Waals surface area contributed by atoms with Crippen LogP contribution in [0, 0.1) is 12.8 Å². The van der Waals surface area contributed by atoms with Crippen LogP contribution in [0.4, 0.5) is 0 Å². The third kappa shape index (κ3) is 2.87. The van der Waals surface area contributed by atoms with Gasteiger partial charge in [-0.1, -0.05) is 31.0 Å². The summed E-state index contributed by atoms with van der Waals surface area (Å²) in [4.78, 5) is 0.252. The molecular formula is C13H18O3S. The fourth-order valence-corrected chi connectivity index (χ4v) is 3.37. The molecule has 1 aliphatic carbocycles. The maximum Gasteiger partial charge on any atom is 0.297 e. The van der Waals surface area contributed by atoms with Crippen LogP contribution >= 0.6 is 0 Å². The molecule has 4 heteroatoms. The van der Waals surface area contributed by atoms with E-state index in [1.807, 2.05) is 13.8 Å². The summed E-state index contributed by atoms with van der Waals surface area (Å²) in [6.07, 6.45) is 2.79. The van der Waals surface area contributed by atoms with E-state index in [0.717, 1.165) is 24.8 Å². The van der Waals surface area contributed by atoms with Crippen LogP contribution in [-0.4, -0.2) is 14.5 Å². The minimum atomic E-state index is -3.59. The van der Waals surface area contributed by atoms with E-state index in [-0.39, 0.29) is 11.0 Å². The Hall–Kier alpha value is -0.870. The van der Waals surface area contributed by atoms with Gasteiger partial charge in [-0.05, 0) is 37.8 Å². The zero-order valence-corrected chi connectivity index (χ0v) is 11.0. The Balaban J connectivity index is 2.16. The van der Waals surface area contributed by atoms with E-state index < -0.39 is 10.1 Å². The summed E-state index contributed by atoms with van der Waals surface area (Å²) in [5.41, 5.74) is 1.04. The number of benzene rings is 1. The normalized spacial score (nSPS) is 25.1. The molecule has 2 atom stereocenters. The summed E-state index contributed by atoms with van der Waals surface area (Å²) in [6, 6.07) is 6.78. The summed E-state index contributed by atoms with van der Waals surface area (Å²) in [7, 11) is -3.59. The minimum absolute atomic E-state index is 0.152. The fraction of sp³-hybridized carbons (Fsp3) is 0.538. The molecule has 0 radical (unpaired) electrons. The van der Waals surface area contributed by atoms with Crippen LogP contribution in [0.25, 0.3) is 0 Å². The summed E-state index contributed by atoms with van der Waals surface area (Å²) >= 11 is 0. The lowest BCUT2D eigenvalue weighted by Crippen LogP contribution is -2.20. The number of hydrogen-bond donors (Lipinski definition) is 0. The molecule has 0 unspecified atom stereocenters. The molecule has 0 heterocycles. The first-order valence-electron chi connectivity index (χ1n) is 5.99. The molecular weight excluding hydrogens is 236 g/mol. The lowest BCUT2D eigenvalue weighted by atomic mass is 10.1. The predicted octanol–water partition coefficient (Wildman–Crippen LogP) is 2.89. The van der Waals surface area contributed by atoms with Gasteiger partial charge in [0, 0.05) is 0 Å². The first-order valence-corrected chi connectivity index (χ1v) is 7.40. The van der Waals surface area contributed by atoms with Crippen LogP contribution < -0.4 is 0 Å². The zero-order chi connectivity index (χ0) is 12.5. The van der Waals surface area contributed by atoms with Crippen LogP contribution in [0.2, 0.25) is 0 Å². The molecule has 0 bridgehead atoms. The molecule has 2 rings (SSSR count). The first kappa shape index (κ1) is 12.6. The monoisotopic (exact) mass is 254 g/mol. The molecule has 1 fully saturated rings. The van der Waals surface area contributed by atoms with Crippen molar-refractivity contribution in [2.24, 2.45) is 5.92 Å². The van der Waals surface area contributed by atoms with Crippen molar-refractivity contribution < 1.29 is 12.6 Å². The van der Waals surface area contributed by atoms with Crippen molar-refractivity contribution in [2.75, 3.05) is 0 Å². The van der Waals surface area contributed by atoms with E-state index in [1.54, 1.807) is 24.3 Å². The summed E-state index contributed by atoms with van der Waals surface area (Å²) in [5.74, 6) is 0.329. The molecule has 1 aromatic carbocycles. The van der Waals surface area contributed by atoms with Gasteiger partial charge in [0.15, 0.2) is 0 Å². The van der Waals surface area contributed by atoms with Crippen molar-refractivity contribution in [3.8, 4) is 0 Å². The fourth-order valence-electron chi connectivity index (χ4n) is 2.18. The molecule has 0 saturated heterocycles. The lowest BCUT2D eigenvalue weighted by Gasteiger charge is -2.16. The summed E-state index contributed by atoms with van der Waals surface area (Å²) in [5, 5.41) is 0. The van der Waals surface area contributed by atoms with Gasteiger partial charge >= 0.3 is 0 Å². The lowest BCUT2D eigenvalue weighted by molar-refractivity contribution is 0.175. The molecule has 94 valence electrons. The van der Waals surface area contributed by atoms with Crippen molar-refractivity contribution in [3.63, 3.8) is 0 Å². The third-order valence-electron chi connectivity index (χ3n) is 3.34. The predicted molar refractivity (Wildman–Crippen MR) is 66.3 cm³/mol. The molecule has 1 aromatic rings. The van der Waals surface area contributed by atoms with Crippen LogP contribution in [0.15, 0.2) is 29.2 Å². The van der Waals surface area contributed by atoms with E-state index in [0.29, 0.717) is 5.92 Å². The standard InChI is InChI=1S/C13H18O3S/c1-10-6-8-12(9-7-10)17(14,15)16-13-5-3-4-11(13)2/h6-9,11,13H,3-5H2,1-2H3/t11-,13-/m1/s1. The van der Waals surface area contributed by atoms with Crippen molar-refractivity contribution in [2.45, 2.75) is 44.1 Å². The smallest absolute Gasteiger partial charge is 0.263 e. The van der Waals surface area contributed by atoms with Gasteiger partial charge in [0.1, 0.15) is 0 Å². The Morgan fingerprint density at radius 3 is 2.35 bits per heavy atom. The number of rotatable bonds is 3. The van der Waals surface area contributed by atoms with Gasteiger partial charge in [0.05, 0.1) is 11.0 Å². The SMILES string of the molecule is Cc1ccc(S(=O)(=O)O[C@@H]2CCC[C@H]2C)cc1. The second-order valence-electron chi connectivity index (χ2n) is 4.81. The van der Waals surface area contributed by atoms with Gasteiger partial charge < -0.3 is 0 Å². The second-order valence-corrected chi connectivity index (χ2v) is 6.38. The zero-order valence-electron chi connectivity index (χ0n) is 10.2. The van der Waals surface area contributed by atoms with Crippen LogP contribution in [0.3, 0.4) is 0 Å². The minimum Gasteiger partial charge on any atom is -0.263 e. The molecule has 0 N–H and O–H groups in total. The molecule has 3 nitrogen and oxygen atoms in total. The largest absolute Gasteiger partial charge is 0.297 e. The molecule has 0 spiro atoms. The summed E-state index contributed by atoms with van der Waals surface area (Å²) < 4.78 is 29.4. The third-order valence-corrected chi connectivity index (χ3v) is 4.69. The van der Waals surface area contributed by atoms with Crippen molar-refractivity contribution in [3.05, 3.63) is 29.8 Å². The maximum atomic E-state index is 12.0. The van der Waals surface area contributed by atoms with Gasteiger partial charge in [-0.2, -0.15) is 8.42 Å². The highest BCUT2D eigenvalue weighted by molar-refractivity contribution is 7.86. The maximum absolute atomic E-state index is 12.0. The Labute approximate surface area is 103 Å². The van der Waals surface area contributed by atoms with E-state index in [2.05, 4.69) is 0 Å². The molecule has 0 amide bonds. The molecule has 1 aliphatic rings. The highest BCUT2D eigenvalue weighted by Gasteiger charge is 2.29.